The maximum atomic E-state index is 11.3. The number of nitrogens with two attached hydrogens (primary N) is 2. The fraction of sp³-hybridized carbons (Fsp3) is 0.0714. The Hall–Kier alpha value is -2.56. The van der Waals surface area contributed by atoms with Crippen molar-refractivity contribution in [3.05, 3.63) is 47.5 Å². The number of nitrogens with zero attached hydrogens (tertiary/aromatic N) is 1. The second-order valence-electron chi connectivity index (χ2n) is 4.53. The zero-order valence-electron chi connectivity index (χ0n) is 11.3. The molecule has 0 aliphatic rings. The summed E-state index contributed by atoms with van der Waals surface area (Å²) in [6.45, 7) is 1.83. The largest absolute Gasteiger partial charge is 0.397 e. The number of nitrogen functional groups attached to an aromatic ring is 1. The second kappa shape index (κ2) is 5.44. The van der Waals surface area contributed by atoms with Crippen LogP contribution in [0, 0.1) is 18.3 Å². The van der Waals surface area contributed by atoms with Crippen molar-refractivity contribution in [3.63, 3.8) is 0 Å². The van der Waals surface area contributed by atoms with Crippen molar-refractivity contribution < 1.29 is 8.42 Å². The number of nitriles is 1. The number of hydrogen-bond acceptors (Lipinski definition) is 5. The van der Waals surface area contributed by atoms with E-state index in [2.05, 4.69) is 11.4 Å². The van der Waals surface area contributed by atoms with Crippen LogP contribution in [0.2, 0.25) is 0 Å². The van der Waals surface area contributed by atoms with Gasteiger partial charge < -0.3 is 11.1 Å². The first-order valence-corrected chi connectivity index (χ1v) is 7.56. The normalized spacial score (nSPS) is 10.9. The van der Waals surface area contributed by atoms with E-state index in [4.69, 9.17) is 10.9 Å². The molecule has 0 saturated heterocycles. The van der Waals surface area contributed by atoms with Crippen LogP contribution in [-0.2, 0) is 10.0 Å². The minimum Gasteiger partial charge on any atom is -0.397 e. The molecule has 6 nitrogen and oxygen atoms in total. The van der Waals surface area contributed by atoms with Crippen molar-refractivity contribution in [2.75, 3.05) is 11.1 Å². The van der Waals surface area contributed by atoms with Gasteiger partial charge in [0, 0.05) is 0 Å². The Bertz CT molecular complexity index is 839. The predicted octanol–water partition coefficient (Wildman–Crippen LogP) is 1.84. The van der Waals surface area contributed by atoms with Gasteiger partial charge in [0.25, 0.3) is 0 Å². The Labute approximate surface area is 123 Å². The summed E-state index contributed by atoms with van der Waals surface area (Å²) in [5.41, 5.74) is 8.51. The third-order valence-electron chi connectivity index (χ3n) is 3.01. The zero-order chi connectivity index (χ0) is 15.6. The molecule has 0 unspecified atom stereocenters. The molecular weight excluding hydrogens is 288 g/mol. The molecule has 0 aliphatic carbocycles. The highest BCUT2D eigenvalue weighted by molar-refractivity contribution is 7.89. The van der Waals surface area contributed by atoms with Crippen molar-refractivity contribution in [2.24, 2.45) is 5.14 Å². The summed E-state index contributed by atoms with van der Waals surface area (Å²) in [6, 6.07) is 11.7. The second-order valence-corrected chi connectivity index (χ2v) is 6.09. The lowest BCUT2D eigenvalue weighted by Crippen LogP contribution is -2.12. The van der Waals surface area contributed by atoms with E-state index < -0.39 is 10.0 Å². The highest BCUT2D eigenvalue weighted by Gasteiger charge is 2.11. The number of benzene rings is 2. The van der Waals surface area contributed by atoms with Gasteiger partial charge in [-0.1, -0.05) is 12.1 Å². The summed E-state index contributed by atoms with van der Waals surface area (Å²) < 4.78 is 22.5. The molecule has 2 aromatic carbocycles. The van der Waals surface area contributed by atoms with Crippen LogP contribution in [-0.4, -0.2) is 8.42 Å². The molecule has 21 heavy (non-hydrogen) atoms. The molecule has 108 valence electrons. The van der Waals surface area contributed by atoms with Gasteiger partial charge >= 0.3 is 0 Å². The molecule has 2 rings (SSSR count). The molecule has 7 heteroatoms. The topological polar surface area (TPSA) is 122 Å². The molecule has 0 amide bonds. The Morgan fingerprint density at radius 1 is 1.19 bits per heavy atom. The summed E-state index contributed by atoms with van der Waals surface area (Å²) in [6.07, 6.45) is 0. The zero-order valence-corrected chi connectivity index (χ0v) is 12.1. The smallest absolute Gasteiger partial charge is 0.238 e. The van der Waals surface area contributed by atoms with Crippen molar-refractivity contribution >= 4 is 27.1 Å². The molecule has 0 aromatic heterocycles. The number of aryl methyl sites for hydroxylation is 1. The minimum absolute atomic E-state index is 0.0599. The molecule has 0 radical (unpaired) electrons. The van der Waals surface area contributed by atoms with E-state index in [1.165, 1.54) is 18.2 Å². The lowest BCUT2D eigenvalue weighted by Gasteiger charge is -2.12. The van der Waals surface area contributed by atoms with E-state index in [1.807, 2.05) is 19.1 Å². The maximum absolute atomic E-state index is 11.3. The monoisotopic (exact) mass is 302 g/mol. The SMILES string of the molecule is Cc1cccc(Nc2ccc(S(N)(=O)=O)cc2N)c1C#N. The lowest BCUT2D eigenvalue weighted by atomic mass is 10.1. The van der Waals surface area contributed by atoms with Crippen molar-refractivity contribution in [3.8, 4) is 6.07 Å². The fourth-order valence-electron chi connectivity index (χ4n) is 1.90. The van der Waals surface area contributed by atoms with Crippen LogP contribution in [0.4, 0.5) is 17.1 Å². The Balaban J connectivity index is 2.43. The standard InChI is InChI=1S/C14H14N4O2S/c1-9-3-2-4-13(11(9)8-15)18-14-6-5-10(7-12(14)16)21(17,19)20/h2-7,18H,16H2,1H3,(H2,17,19,20). The Kier molecular flexibility index (Phi) is 3.84. The molecule has 2 aromatic rings. The number of anilines is 3. The third-order valence-corrected chi connectivity index (χ3v) is 3.92. The van der Waals surface area contributed by atoms with Gasteiger partial charge in [-0.2, -0.15) is 5.26 Å². The molecule has 0 heterocycles. The van der Waals surface area contributed by atoms with E-state index in [1.54, 1.807) is 6.07 Å². The predicted molar refractivity (Wildman–Crippen MR) is 81.4 cm³/mol. The van der Waals surface area contributed by atoms with Crippen LogP contribution in [0.1, 0.15) is 11.1 Å². The van der Waals surface area contributed by atoms with Gasteiger partial charge in [-0.25, -0.2) is 13.6 Å². The summed E-state index contributed by atoms with van der Waals surface area (Å²) >= 11 is 0. The molecule has 0 spiro atoms. The van der Waals surface area contributed by atoms with Crippen LogP contribution in [0.5, 0.6) is 0 Å². The van der Waals surface area contributed by atoms with E-state index >= 15 is 0 Å². The highest BCUT2D eigenvalue weighted by atomic mass is 32.2. The molecule has 0 saturated carbocycles. The van der Waals surface area contributed by atoms with Crippen LogP contribution >= 0.6 is 0 Å². The Morgan fingerprint density at radius 2 is 1.90 bits per heavy atom. The first-order valence-electron chi connectivity index (χ1n) is 6.02. The Morgan fingerprint density at radius 3 is 2.48 bits per heavy atom. The summed E-state index contributed by atoms with van der Waals surface area (Å²) in [5, 5.41) is 17.3. The third kappa shape index (κ3) is 3.13. The molecular formula is C14H14N4O2S. The summed E-state index contributed by atoms with van der Waals surface area (Å²) in [5.74, 6) is 0. The van der Waals surface area contributed by atoms with Gasteiger partial charge in [0.2, 0.25) is 10.0 Å². The average Bonchev–Trinajstić information content (AvgIpc) is 2.40. The number of sulfonamides is 1. The molecule has 0 aliphatic heterocycles. The van der Waals surface area contributed by atoms with Gasteiger partial charge in [0.05, 0.1) is 27.5 Å². The summed E-state index contributed by atoms with van der Waals surface area (Å²) in [4.78, 5) is -0.0599. The van der Waals surface area contributed by atoms with Crippen LogP contribution in [0.25, 0.3) is 0 Å². The number of primary sulfonamides is 1. The highest BCUT2D eigenvalue weighted by Crippen LogP contribution is 2.28. The van der Waals surface area contributed by atoms with Crippen LogP contribution in [0.3, 0.4) is 0 Å². The molecule has 0 atom stereocenters. The van der Waals surface area contributed by atoms with E-state index in [0.29, 0.717) is 16.9 Å². The number of hydrogen-bond donors (Lipinski definition) is 3. The first kappa shape index (κ1) is 14.8. The quantitative estimate of drug-likeness (QED) is 0.747. The first-order chi connectivity index (χ1) is 9.82. The molecule has 5 N–H and O–H groups in total. The van der Waals surface area contributed by atoms with Gasteiger partial charge in [0.15, 0.2) is 0 Å². The van der Waals surface area contributed by atoms with Crippen molar-refractivity contribution in [2.45, 2.75) is 11.8 Å². The van der Waals surface area contributed by atoms with E-state index in [9.17, 15) is 13.7 Å². The van der Waals surface area contributed by atoms with Gasteiger partial charge in [-0.05, 0) is 36.8 Å². The van der Waals surface area contributed by atoms with Crippen LogP contribution < -0.4 is 16.2 Å². The van der Waals surface area contributed by atoms with Crippen molar-refractivity contribution in [1.29, 1.82) is 5.26 Å². The van der Waals surface area contributed by atoms with Gasteiger partial charge in [-0.15, -0.1) is 0 Å². The minimum atomic E-state index is -3.79. The molecule has 0 fully saturated rings. The van der Waals surface area contributed by atoms with E-state index in [0.717, 1.165) is 5.56 Å². The van der Waals surface area contributed by atoms with E-state index in [-0.39, 0.29) is 10.6 Å². The fourth-order valence-corrected chi connectivity index (χ4v) is 2.45. The number of nitrogens with one attached hydrogen (secondary N) is 1. The average molecular weight is 302 g/mol. The maximum Gasteiger partial charge on any atom is 0.238 e. The molecule has 0 bridgehead atoms. The van der Waals surface area contributed by atoms with Gasteiger partial charge in [0.1, 0.15) is 6.07 Å². The van der Waals surface area contributed by atoms with Crippen LogP contribution in [0.15, 0.2) is 41.3 Å². The lowest BCUT2D eigenvalue weighted by molar-refractivity contribution is 0.598. The van der Waals surface area contributed by atoms with Gasteiger partial charge in [-0.3, -0.25) is 0 Å². The summed E-state index contributed by atoms with van der Waals surface area (Å²) in [7, 11) is -3.79. The number of rotatable bonds is 3. The van der Waals surface area contributed by atoms with Crippen molar-refractivity contribution in [1.82, 2.24) is 0 Å².